The van der Waals surface area contributed by atoms with E-state index in [2.05, 4.69) is 17.2 Å². The Balaban J connectivity index is 2.20. The number of hydrogen-bond acceptors (Lipinski definition) is 3. The molecule has 3 heteroatoms. The normalized spacial score (nSPS) is 18.3. The summed E-state index contributed by atoms with van der Waals surface area (Å²) in [5.41, 5.74) is 7.75. The van der Waals surface area contributed by atoms with Crippen LogP contribution in [-0.4, -0.2) is 10.5 Å². The topological polar surface area (TPSA) is 50.9 Å². The third kappa shape index (κ3) is 1.74. The Bertz CT molecular complexity index is 329. The SMILES string of the molecule is Cc1cc(N)cnc1NC1(C)CC1. The van der Waals surface area contributed by atoms with E-state index < -0.39 is 0 Å². The van der Waals surface area contributed by atoms with Gasteiger partial charge in [0.2, 0.25) is 0 Å². The minimum Gasteiger partial charge on any atom is -0.397 e. The van der Waals surface area contributed by atoms with Crippen LogP contribution in [0.3, 0.4) is 0 Å². The zero-order valence-corrected chi connectivity index (χ0v) is 8.09. The first-order valence-corrected chi connectivity index (χ1v) is 4.59. The molecule has 1 aliphatic rings. The highest BCUT2D eigenvalue weighted by Gasteiger charge is 2.37. The summed E-state index contributed by atoms with van der Waals surface area (Å²) in [6, 6.07) is 1.95. The molecular weight excluding hydrogens is 162 g/mol. The standard InChI is InChI=1S/C10H15N3/c1-7-5-8(11)6-12-9(7)13-10(2)3-4-10/h5-6H,3-4,11H2,1-2H3,(H,12,13). The average molecular weight is 177 g/mol. The van der Waals surface area contributed by atoms with Crippen molar-refractivity contribution in [3.63, 3.8) is 0 Å². The molecule has 70 valence electrons. The number of nitrogens with zero attached hydrogens (tertiary/aromatic N) is 1. The molecule has 0 atom stereocenters. The molecular formula is C10H15N3. The second kappa shape index (κ2) is 2.62. The van der Waals surface area contributed by atoms with Gasteiger partial charge in [0.25, 0.3) is 0 Å². The quantitative estimate of drug-likeness (QED) is 0.725. The molecule has 0 aliphatic heterocycles. The first-order chi connectivity index (χ1) is 6.09. The number of aryl methyl sites for hydroxylation is 1. The highest BCUT2D eigenvalue weighted by Crippen LogP contribution is 2.38. The van der Waals surface area contributed by atoms with E-state index in [1.54, 1.807) is 6.20 Å². The fourth-order valence-electron chi connectivity index (χ4n) is 1.33. The lowest BCUT2D eigenvalue weighted by molar-refractivity contribution is 0.819. The van der Waals surface area contributed by atoms with Crippen molar-refractivity contribution >= 4 is 11.5 Å². The molecule has 3 nitrogen and oxygen atoms in total. The molecule has 0 radical (unpaired) electrons. The number of nitrogens with two attached hydrogens (primary N) is 1. The van der Waals surface area contributed by atoms with E-state index in [0.717, 1.165) is 17.1 Å². The summed E-state index contributed by atoms with van der Waals surface area (Å²) < 4.78 is 0. The maximum atomic E-state index is 5.62. The lowest BCUT2D eigenvalue weighted by Crippen LogP contribution is -2.17. The largest absolute Gasteiger partial charge is 0.397 e. The number of anilines is 2. The fourth-order valence-corrected chi connectivity index (χ4v) is 1.33. The fraction of sp³-hybridized carbons (Fsp3) is 0.500. The lowest BCUT2D eigenvalue weighted by Gasteiger charge is -2.14. The van der Waals surface area contributed by atoms with Crippen LogP contribution in [0.1, 0.15) is 25.3 Å². The molecule has 0 aromatic carbocycles. The maximum Gasteiger partial charge on any atom is 0.129 e. The molecule has 3 N–H and O–H groups in total. The van der Waals surface area contributed by atoms with Gasteiger partial charge in [0.1, 0.15) is 5.82 Å². The van der Waals surface area contributed by atoms with E-state index in [-0.39, 0.29) is 5.54 Å². The number of nitrogen functional groups attached to an aromatic ring is 1. The number of nitrogens with one attached hydrogen (secondary N) is 1. The smallest absolute Gasteiger partial charge is 0.129 e. The molecule has 0 unspecified atom stereocenters. The van der Waals surface area contributed by atoms with Gasteiger partial charge in [-0.1, -0.05) is 0 Å². The van der Waals surface area contributed by atoms with E-state index in [1.165, 1.54) is 12.8 Å². The van der Waals surface area contributed by atoms with Gasteiger partial charge in [-0.15, -0.1) is 0 Å². The third-order valence-electron chi connectivity index (χ3n) is 2.52. The minimum atomic E-state index is 0.286. The van der Waals surface area contributed by atoms with Gasteiger partial charge < -0.3 is 11.1 Å². The van der Waals surface area contributed by atoms with Crippen molar-refractivity contribution in [1.29, 1.82) is 0 Å². The molecule has 1 fully saturated rings. The summed E-state index contributed by atoms with van der Waals surface area (Å²) in [4.78, 5) is 4.27. The molecule has 1 heterocycles. The molecule has 13 heavy (non-hydrogen) atoms. The van der Waals surface area contributed by atoms with Crippen molar-refractivity contribution < 1.29 is 0 Å². The number of rotatable bonds is 2. The second-order valence-electron chi connectivity index (χ2n) is 4.12. The Morgan fingerprint density at radius 2 is 2.23 bits per heavy atom. The molecule has 1 aliphatic carbocycles. The van der Waals surface area contributed by atoms with Gasteiger partial charge in [-0.25, -0.2) is 4.98 Å². The summed E-state index contributed by atoms with van der Waals surface area (Å²) in [6.45, 7) is 4.24. The predicted octanol–water partition coefficient (Wildman–Crippen LogP) is 1.94. The van der Waals surface area contributed by atoms with Crippen molar-refractivity contribution in [3.05, 3.63) is 17.8 Å². The Morgan fingerprint density at radius 3 is 2.77 bits per heavy atom. The summed E-state index contributed by atoms with van der Waals surface area (Å²) in [7, 11) is 0. The molecule has 1 saturated carbocycles. The highest BCUT2D eigenvalue weighted by molar-refractivity contribution is 5.52. The Hall–Kier alpha value is -1.25. The van der Waals surface area contributed by atoms with Crippen LogP contribution < -0.4 is 11.1 Å². The average Bonchev–Trinajstić information content (AvgIpc) is 2.75. The first-order valence-electron chi connectivity index (χ1n) is 4.59. The molecule has 1 aromatic rings. The summed E-state index contributed by atoms with van der Waals surface area (Å²) in [5.74, 6) is 0.967. The van der Waals surface area contributed by atoms with Gasteiger partial charge >= 0.3 is 0 Å². The van der Waals surface area contributed by atoms with Crippen LogP contribution in [0.5, 0.6) is 0 Å². The number of aromatic nitrogens is 1. The van der Waals surface area contributed by atoms with Crippen LogP contribution in [0.2, 0.25) is 0 Å². The van der Waals surface area contributed by atoms with Crippen LogP contribution in [0.4, 0.5) is 11.5 Å². The van der Waals surface area contributed by atoms with E-state index in [1.807, 2.05) is 13.0 Å². The molecule has 0 saturated heterocycles. The van der Waals surface area contributed by atoms with Crippen molar-refractivity contribution in [1.82, 2.24) is 4.98 Å². The second-order valence-corrected chi connectivity index (χ2v) is 4.12. The lowest BCUT2D eigenvalue weighted by atomic mass is 10.2. The highest BCUT2D eigenvalue weighted by atomic mass is 15.1. The molecule has 2 rings (SSSR count). The monoisotopic (exact) mass is 177 g/mol. The third-order valence-corrected chi connectivity index (χ3v) is 2.52. The molecule has 0 spiro atoms. The summed E-state index contributed by atoms with van der Waals surface area (Å²) in [5, 5.41) is 3.42. The Labute approximate surface area is 78.4 Å². The van der Waals surface area contributed by atoms with E-state index in [9.17, 15) is 0 Å². The molecule has 0 bridgehead atoms. The van der Waals surface area contributed by atoms with Crippen molar-refractivity contribution in [3.8, 4) is 0 Å². The van der Waals surface area contributed by atoms with Crippen LogP contribution in [-0.2, 0) is 0 Å². The van der Waals surface area contributed by atoms with Gasteiger partial charge in [-0.2, -0.15) is 0 Å². The number of pyridine rings is 1. The van der Waals surface area contributed by atoms with Gasteiger partial charge in [0, 0.05) is 5.54 Å². The minimum absolute atomic E-state index is 0.286. The van der Waals surface area contributed by atoms with Gasteiger partial charge in [-0.3, -0.25) is 0 Å². The number of hydrogen-bond donors (Lipinski definition) is 2. The molecule has 0 amide bonds. The zero-order valence-electron chi connectivity index (χ0n) is 8.09. The predicted molar refractivity (Wildman–Crippen MR) is 54.6 cm³/mol. The zero-order chi connectivity index (χ0) is 9.47. The Morgan fingerprint density at radius 1 is 1.54 bits per heavy atom. The van der Waals surface area contributed by atoms with Gasteiger partial charge in [0.15, 0.2) is 0 Å². The van der Waals surface area contributed by atoms with Crippen LogP contribution in [0, 0.1) is 6.92 Å². The van der Waals surface area contributed by atoms with Gasteiger partial charge in [0.05, 0.1) is 11.9 Å². The van der Waals surface area contributed by atoms with E-state index >= 15 is 0 Å². The van der Waals surface area contributed by atoms with Crippen molar-refractivity contribution in [2.45, 2.75) is 32.2 Å². The van der Waals surface area contributed by atoms with Crippen molar-refractivity contribution in [2.24, 2.45) is 0 Å². The van der Waals surface area contributed by atoms with E-state index in [4.69, 9.17) is 5.73 Å². The van der Waals surface area contributed by atoms with Gasteiger partial charge in [-0.05, 0) is 38.3 Å². The summed E-state index contributed by atoms with van der Waals surface area (Å²) in [6.07, 6.45) is 4.16. The van der Waals surface area contributed by atoms with Crippen molar-refractivity contribution in [2.75, 3.05) is 11.1 Å². The van der Waals surface area contributed by atoms with Crippen LogP contribution in [0.15, 0.2) is 12.3 Å². The van der Waals surface area contributed by atoms with Crippen LogP contribution in [0.25, 0.3) is 0 Å². The van der Waals surface area contributed by atoms with Crippen LogP contribution >= 0.6 is 0 Å². The first kappa shape index (κ1) is 8.35. The summed E-state index contributed by atoms with van der Waals surface area (Å²) >= 11 is 0. The molecule has 1 aromatic heterocycles. The maximum absolute atomic E-state index is 5.62. The Kier molecular flexibility index (Phi) is 1.68. The van der Waals surface area contributed by atoms with E-state index in [0.29, 0.717) is 0 Å².